The molecule has 0 atom stereocenters. The molecule has 4 heteroatoms. The van der Waals surface area contributed by atoms with Crippen molar-refractivity contribution in [2.45, 2.75) is 13.8 Å². The first-order valence-corrected chi connectivity index (χ1v) is 5.05. The topological polar surface area (TPSA) is 39.8 Å². The van der Waals surface area contributed by atoms with Gasteiger partial charge in [0.1, 0.15) is 5.69 Å². The van der Waals surface area contributed by atoms with Crippen LogP contribution in [0, 0.1) is 19.1 Å². The second-order valence-corrected chi connectivity index (χ2v) is 4.12. The summed E-state index contributed by atoms with van der Waals surface area (Å²) in [5.74, 6) is 0.484. The lowest BCUT2D eigenvalue weighted by Crippen LogP contribution is -2.35. The van der Waals surface area contributed by atoms with Gasteiger partial charge in [0, 0.05) is 11.4 Å². The van der Waals surface area contributed by atoms with Gasteiger partial charge >= 0.3 is 0 Å². The van der Waals surface area contributed by atoms with Gasteiger partial charge in [0.2, 0.25) is 0 Å². The number of hydrogen-bond donors (Lipinski definition) is 0. The molecule has 0 radical (unpaired) electrons. The summed E-state index contributed by atoms with van der Waals surface area (Å²) in [6.45, 7) is 3.51. The van der Waals surface area contributed by atoms with Gasteiger partial charge in [0.25, 0.3) is 5.82 Å². The number of fused-ring (bicyclic) bond motifs is 1. The largest absolute Gasteiger partial charge is 0.711 e. The first-order chi connectivity index (χ1) is 6.59. The van der Waals surface area contributed by atoms with E-state index in [1.165, 1.54) is 0 Å². The lowest BCUT2D eigenvalue weighted by Gasteiger charge is -2.08. The molecule has 1 aromatic carbocycles. The van der Waals surface area contributed by atoms with Gasteiger partial charge in [-0.05, 0) is 30.1 Å². The quantitative estimate of drug-likeness (QED) is 0.533. The molecule has 0 amide bonds. The molecular weight excluding hydrogens is 244 g/mol. The molecule has 72 valence electrons. The predicted molar refractivity (Wildman–Crippen MR) is 57.9 cm³/mol. The van der Waals surface area contributed by atoms with Crippen LogP contribution in [0.3, 0.4) is 0 Å². The summed E-state index contributed by atoms with van der Waals surface area (Å²) >= 11 is 3.37. The minimum absolute atomic E-state index is 0.484. The van der Waals surface area contributed by atoms with Crippen LogP contribution in [0.2, 0.25) is 0 Å². The molecule has 0 saturated heterocycles. The fourth-order valence-corrected chi connectivity index (χ4v) is 1.83. The van der Waals surface area contributed by atoms with Gasteiger partial charge < -0.3 is 5.21 Å². The summed E-state index contributed by atoms with van der Waals surface area (Å²) < 4.78 is 1.81. The van der Waals surface area contributed by atoms with Crippen LogP contribution < -0.4 is 4.73 Å². The molecular formula is C10H9BrN2O. The van der Waals surface area contributed by atoms with E-state index in [-0.39, 0.29) is 0 Å². The first-order valence-electron chi connectivity index (χ1n) is 4.25. The molecule has 3 nitrogen and oxygen atoms in total. The Kier molecular flexibility index (Phi) is 2.15. The number of aryl methyl sites for hydroxylation is 2. The van der Waals surface area contributed by atoms with Crippen LogP contribution in [-0.4, -0.2) is 4.98 Å². The highest BCUT2D eigenvalue weighted by atomic mass is 79.9. The van der Waals surface area contributed by atoms with Crippen molar-refractivity contribution in [2.24, 2.45) is 0 Å². The summed E-state index contributed by atoms with van der Waals surface area (Å²) in [7, 11) is 0. The van der Waals surface area contributed by atoms with Gasteiger partial charge in [-0.3, -0.25) is 0 Å². The minimum atomic E-state index is 0.484. The summed E-state index contributed by atoms with van der Waals surface area (Å²) in [6, 6.07) is 5.73. The molecule has 0 unspecified atom stereocenters. The highest BCUT2D eigenvalue weighted by Gasteiger charge is 2.11. The first kappa shape index (κ1) is 9.40. The molecule has 0 spiro atoms. The molecule has 1 aromatic heterocycles. The highest BCUT2D eigenvalue weighted by molar-refractivity contribution is 9.10. The van der Waals surface area contributed by atoms with E-state index in [1.54, 1.807) is 13.8 Å². The molecule has 0 bridgehead atoms. The average Bonchev–Trinajstić information content (AvgIpc) is 2.16. The smallest absolute Gasteiger partial charge is 0.299 e. The van der Waals surface area contributed by atoms with E-state index in [0.29, 0.717) is 11.5 Å². The molecule has 14 heavy (non-hydrogen) atoms. The number of halogens is 1. The van der Waals surface area contributed by atoms with Gasteiger partial charge in [0.15, 0.2) is 5.52 Å². The molecule has 2 aromatic rings. The van der Waals surface area contributed by atoms with Crippen molar-refractivity contribution in [3.8, 4) is 0 Å². The van der Waals surface area contributed by atoms with Crippen LogP contribution in [0.15, 0.2) is 22.7 Å². The van der Waals surface area contributed by atoms with Crippen molar-refractivity contribution in [1.29, 1.82) is 0 Å². The van der Waals surface area contributed by atoms with E-state index in [1.807, 2.05) is 18.2 Å². The van der Waals surface area contributed by atoms with E-state index in [4.69, 9.17) is 0 Å². The summed E-state index contributed by atoms with van der Waals surface area (Å²) in [5, 5.41) is 12.4. The number of rotatable bonds is 0. The predicted octanol–water partition coefficient (Wildman–Crippen LogP) is 2.25. The van der Waals surface area contributed by atoms with Crippen LogP contribution in [-0.2, 0) is 0 Å². The standard InChI is InChI=1S/C10H9BrN2O/c1-6-9-5-8(11)3-4-10(9)12-7(2)13(6)14/h3-5H,1-2H3. The maximum absolute atomic E-state index is 11.5. The molecule has 0 aliphatic carbocycles. The monoisotopic (exact) mass is 252 g/mol. The van der Waals surface area contributed by atoms with Crippen molar-refractivity contribution in [3.05, 3.63) is 39.4 Å². The molecule has 0 aliphatic rings. The van der Waals surface area contributed by atoms with Crippen LogP contribution in [0.25, 0.3) is 10.9 Å². The summed E-state index contributed by atoms with van der Waals surface area (Å²) in [4.78, 5) is 4.21. The Labute approximate surface area is 90.1 Å². The van der Waals surface area contributed by atoms with E-state index >= 15 is 0 Å². The van der Waals surface area contributed by atoms with Crippen LogP contribution in [0.5, 0.6) is 0 Å². The normalized spacial score (nSPS) is 10.8. The SMILES string of the molecule is Cc1nc2ccc(Br)cc2c(C)[n+]1[O-]. The molecule has 0 fully saturated rings. The van der Waals surface area contributed by atoms with E-state index in [0.717, 1.165) is 20.1 Å². The Morgan fingerprint density at radius 3 is 2.79 bits per heavy atom. The van der Waals surface area contributed by atoms with E-state index in [9.17, 15) is 5.21 Å². The highest BCUT2D eigenvalue weighted by Crippen LogP contribution is 2.19. The van der Waals surface area contributed by atoms with Gasteiger partial charge in [-0.15, -0.1) is 0 Å². The third-order valence-electron chi connectivity index (χ3n) is 2.23. The van der Waals surface area contributed by atoms with Crippen LogP contribution in [0.1, 0.15) is 11.5 Å². The fraction of sp³-hybridized carbons (Fsp3) is 0.200. The van der Waals surface area contributed by atoms with Gasteiger partial charge in [-0.2, -0.15) is 0 Å². The summed E-state index contributed by atoms with van der Waals surface area (Å²) in [5.41, 5.74) is 1.55. The van der Waals surface area contributed by atoms with Crippen molar-refractivity contribution >= 4 is 26.8 Å². The summed E-state index contributed by atoms with van der Waals surface area (Å²) in [6.07, 6.45) is 0. The number of aromatic nitrogens is 2. The lowest BCUT2D eigenvalue weighted by molar-refractivity contribution is -0.620. The Balaban J connectivity index is 2.92. The van der Waals surface area contributed by atoms with Crippen LogP contribution in [0.4, 0.5) is 0 Å². The molecule has 0 aliphatic heterocycles. The Bertz CT molecular complexity index is 511. The van der Waals surface area contributed by atoms with Gasteiger partial charge in [-0.25, -0.2) is 4.73 Å². The maximum atomic E-state index is 11.5. The zero-order valence-electron chi connectivity index (χ0n) is 7.91. The fourth-order valence-electron chi connectivity index (χ4n) is 1.47. The zero-order chi connectivity index (χ0) is 10.3. The zero-order valence-corrected chi connectivity index (χ0v) is 9.50. The van der Waals surface area contributed by atoms with Gasteiger partial charge in [-0.1, -0.05) is 15.9 Å². The Morgan fingerprint density at radius 2 is 2.07 bits per heavy atom. The molecule has 1 heterocycles. The average molecular weight is 253 g/mol. The number of hydrogen-bond acceptors (Lipinski definition) is 2. The lowest BCUT2D eigenvalue weighted by atomic mass is 10.2. The molecule has 0 N–H and O–H groups in total. The Hall–Kier alpha value is -1.16. The van der Waals surface area contributed by atoms with Crippen molar-refractivity contribution in [1.82, 2.24) is 4.98 Å². The molecule has 2 rings (SSSR count). The Morgan fingerprint density at radius 1 is 1.36 bits per heavy atom. The maximum Gasteiger partial charge on any atom is 0.299 e. The van der Waals surface area contributed by atoms with Crippen LogP contribution >= 0.6 is 15.9 Å². The minimum Gasteiger partial charge on any atom is -0.711 e. The van der Waals surface area contributed by atoms with E-state index < -0.39 is 0 Å². The third-order valence-corrected chi connectivity index (χ3v) is 2.72. The number of benzene rings is 1. The van der Waals surface area contributed by atoms with Gasteiger partial charge in [0.05, 0.1) is 5.39 Å². The third kappa shape index (κ3) is 1.35. The van der Waals surface area contributed by atoms with E-state index in [2.05, 4.69) is 20.9 Å². The second-order valence-electron chi connectivity index (χ2n) is 3.20. The number of nitrogens with zero attached hydrogens (tertiary/aromatic N) is 2. The van der Waals surface area contributed by atoms with Crippen molar-refractivity contribution < 1.29 is 4.73 Å². The van der Waals surface area contributed by atoms with Crippen molar-refractivity contribution in [2.75, 3.05) is 0 Å². The molecule has 0 saturated carbocycles. The van der Waals surface area contributed by atoms with Crippen molar-refractivity contribution in [3.63, 3.8) is 0 Å². The second kappa shape index (κ2) is 3.20.